The van der Waals surface area contributed by atoms with Crippen molar-refractivity contribution in [1.29, 1.82) is 0 Å². The Hall–Kier alpha value is -0.770. The first-order valence-electron chi connectivity index (χ1n) is 5.41. The van der Waals surface area contributed by atoms with Crippen LogP contribution in [0, 0.1) is 0 Å². The molecule has 0 aromatic heterocycles. The summed E-state index contributed by atoms with van der Waals surface area (Å²) >= 11 is 0. The number of rotatable bonds is 2. The van der Waals surface area contributed by atoms with Crippen molar-refractivity contribution in [1.82, 2.24) is 10.2 Å². The first-order valence-corrected chi connectivity index (χ1v) is 5.41. The quantitative estimate of drug-likeness (QED) is 0.718. The number of likely N-dealkylation sites (tertiary alicyclic amines) is 1. The lowest BCUT2D eigenvalue weighted by atomic mass is 10.2. The molecule has 3 atom stereocenters. The number of nitrogens with zero attached hydrogens (tertiary/aromatic N) is 1. The van der Waals surface area contributed by atoms with Crippen LogP contribution in [0.15, 0.2) is 0 Å². The zero-order valence-corrected chi connectivity index (χ0v) is 8.82. The average molecular weight is 198 g/mol. The Bertz CT molecular complexity index is 232. The maximum absolute atomic E-state index is 11.7. The van der Waals surface area contributed by atoms with Crippen LogP contribution in [0.2, 0.25) is 0 Å². The van der Waals surface area contributed by atoms with Crippen molar-refractivity contribution >= 4 is 6.09 Å². The maximum atomic E-state index is 11.7. The van der Waals surface area contributed by atoms with Gasteiger partial charge in [0.05, 0.1) is 0 Å². The molecule has 0 aromatic rings. The number of ether oxygens (including phenoxy) is 1. The van der Waals surface area contributed by atoms with Gasteiger partial charge in [-0.3, -0.25) is 0 Å². The van der Waals surface area contributed by atoms with Gasteiger partial charge in [0.25, 0.3) is 0 Å². The minimum Gasteiger partial charge on any atom is -0.446 e. The van der Waals surface area contributed by atoms with Gasteiger partial charge in [-0.2, -0.15) is 0 Å². The number of carbonyl (C=O) groups excluding carboxylic acids is 1. The minimum absolute atomic E-state index is 0.0367. The molecule has 80 valence electrons. The summed E-state index contributed by atoms with van der Waals surface area (Å²) in [5.74, 6) is 0. The standard InChI is InChI=1S/C10H18N2O2/c1-3-7(2)14-10(13)12-6-8-4-9(12)5-11-8/h7-9,11H,3-6H2,1-2H3/t7?,8-,9-/m0/s1. The summed E-state index contributed by atoms with van der Waals surface area (Å²) in [6.45, 7) is 5.71. The van der Waals surface area contributed by atoms with Gasteiger partial charge in [-0.1, -0.05) is 6.92 Å². The van der Waals surface area contributed by atoms with Crippen molar-refractivity contribution in [2.24, 2.45) is 0 Å². The second-order valence-electron chi connectivity index (χ2n) is 4.25. The summed E-state index contributed by atoms with van der Waals surface area (Å²) in [5, 5.41) is 3.36. The SMILES string of the molecule is CCC(C)OC(=O)N1C[C@@H]2C[C@H]1CN2. The molecule has 2 rings (SSSR count). The van der Waals surface area contributed by atoms with Crippen LogP contribution in [0.4, 0.5) is 4.79 Å². The molecule has 0 aromatic carbocycles. The van der Waals surface area contributed by atoms with Gasteiger partial charge in [-0.05, 0) is 19.8 Å². The van der Waals surface area contributed by atoms with Crippen LogP contribution in [0.1, 0.15) is 26.7 Å². The van der Waals surface area contributed by atoms with E-state index in [9.17, 15) is 4.79 Å². The number of nitrogens with one attached hydrogen (secondary N) is 1. The maximum Gasteiger partial charge on any atom is 0.410 e. The van der Waals surface area contributed by atoms with Gasteiger partial charge in [-0.15, -0.1) is 0 Å². The second-order valence-corrected chi connectivity index (χ2v) is 4.25. The highest BCUT2D eigenvalue weighted by Gasteiger charge is 2.41. The summed E-state index contributed by atoms with van der Waals surface area (Å²) in [6, 6.07) is 0.876. The molecule has 2 fully saturated rings. The largest absolute Gasteiger partial charge is 0.446 e. The number of hydrogen-bond donors (Lipinski definition) is 1. The Balaban J connectivity index is 1.87. The monoisotopic (exact) mass is 198 g/mol. The molecule has 0 aliphatic carbocycles. The third-order valence-electron chi connectivity index (χ3n) is 3.17. The number of piperazine rings is 1. The second kappa shape index (κ2) is 3.77. The highest BCUT2D eigenvalue weighted by molar-refractivity contribution is 5.69. The molecule has 2 bridgehead atoms. The Morgan fingerprint density at radius 2 is 2.50 bits per heavy atom. The molecule has 2 heterocycles. The molecule has 1 unspecified atom stereocenters. The summed E-state index contributed by atoms with van der Waals surface area (Å²) in [6.07, 6.45) is 1.88. The summed E-state index contributed by atoms with van der Waals surface area (Å²) in [5.41, 5.74) is 0. The first-order chi connectivity index (χ1) is 6.70. The molecule has 0 radical (unpaired) electrons. The van der Waals surface area contributed by atoms with Crippen LogP contribution in [0.3, 0.4) is 0 Å². The lowest BCUT2D eigenvalue weighted by Crippen LogP contribution is -2.47. The molecule has 0 spiro atoms. The molecule has 4 nitrogen and oxygen atoms in total. The fraction of sp³-hybridized carbons (Fsp3) is 0.900. The molecular weight excluding hydrogens is 180 g/mol. The van der Waals surface area contributed by atoms with Crippen LogP contribution in [0.5, 0.6) is 0 Å². The molecule has 0 saturated carbocycles. The smallest absolute Gasteiger partial charge is 0.410 e. The van der Waals surface area contributed by atoms with Gasteiger partial charge in [-0.25, -0.2) is 4.79 Å². The lowest BCUT2D eigenvalue weighted by molar-refractivity contribution is 0.0618. The summed E-state index contributed by atoms with van der Waals surface area (Å²) in [4.78, 5) is 13.5. The predicted molar refractivity (Wildman–Crippen MR) is 53.1 cm³/mol. The zero-order chi connectivity index (χ0) is 10.1. The summed E-state index contributed by atoms with van der Waals surface area (Å²) in [7, 11) is 0. The lowest BCUT2D eigenvalue weighted by Gasteiger charge is -2.27. The third-order valence-corrected chi connectivity index (χ3v) is 3.17. The topological polar surface area (TPSA) is 41.6 Å². The Kier molecular flexibility index (Phi) is 2.63. The highest BCUT2D eigenvalue weighted by atomic mass is 16.6. The Morgan fingerprint density at radius 1 is 1.71 bits per heavy atom. The van der Waals surface area contributed by atoms with Crippen molar-refractivity contribution in [3.05, 3.63) is 0 Å². The van der Waals surface area contributed by atoms with E-state index in [2.05, 4.69) is 5.32 Å². The van der Waals surface area contributed by atoms with E-state index in [0.29, 0.717) is 12.1 Å². The number of hydrogen-bond acceptors (Lipinski definition) is 3. The highest BCUT2D eigenvalue weighted by Crippen LogP contribution is 2.24. The Morgan fingerprint density at radius 3 is 3.00 bits per heavy atom. The van der Waals surface area contributed by atoms with Gasteiger partial charge < -0.3 is 15.0 Å². The molecule has 2 aliphatic rings. The third kappa shape index (κ3) is 1.71. The number of carbonyl (C=O) groups is 1. The van der Waals surface area contributed by atoms with E-state index < -0.39 is 0 Å². The number of fused-ring (bicyclic) bond motifs is 2. The normalized spacial score (nSPS) is 32.0. The van der Waals surface area contributed by atoms with Gasteiger partial charge in [0.1, 0.15) is 6.10 Å². The van der Waals surface area contributed by atoms with Crippen LogP contribution in [-0.2, 0) is 4.74 Å². The van der Waals surface area contributed by atoms with E-state index in [0.717, 1.165) is 25.9 Å². The van der Waals surface area contributed by atoms with Gasteiger partial charge in [0, 0.05) is 25.2 Å². The van der Waals surface area contributed by atoms with E-state index in [1.807, 2.05) is 18.7 Å². The number of amides is 1. The average Bonchev–Trinajstić information content (AvgIpc) is 2.78. The van der Waals surface area contributed by atoms with Crippen LogP contribution in [-0.4, -0.2) is 42.3 Å². The molecule has 14 heavy (non-hydrogen) atoms. The van der Waals surface area contributed by atoms with Crippen LogP contribution < -0.4 is 5.32 Å². The minimum atomic E-state index is -0.131. The van der Waals surface area contributed by atoms with Crippen molar-refractivity contribution in [2.75, 3.05) is 13.1 Å². The van der Waals surface area contributed by atoms with E-state index in [4.69, 9.17) is 4.74 Å². The molecule has 4 heteroatoms. The van der Waals surface area contributed by atoms with Crippen molar-refractivity contribution < 1.29 is 9.53 Å². The van der Waals surface area contributed by atoms with E-state index >= 15 is 0 Å². The summed E-state index contributed by atoms with van der Waals surface area (Å²) < 4.78 is 5.30. The zero-order valence-electron chi connectivity index (χ0n) is 8.82. The molecule has 1 amide bonds. The van der Waals surface area contributed by atoms with Gasteiger partial charge in [0.2, 0.25) is 0 Å². The predicted octanol–water partition coefficient (Wildman–Crippen LogP) is 0.968. The molecule has 2 aliphatic heterocycles. The van der Waals surface area contributed by atoms with Crippen molar-refractivity contribution in [3.8, 4) is 0 Å². The van der Waals surface area contributed by atoms with Crippen LogP contribution >= 0.6 is 0 Å². The fourth-order valence-corrected chi connectivity index (χ4v) is 2.11. The molecular formula is C10H18N2O2. The Labute approximate surface area is 84.6 Å². The first kappa shape index (κ1) is 9.77. The molecule has 1 N–H and O–H groups in total. The van der Waals surface area contributed by atoms with Crippen molar-refractivity contribution in [3.63, 3.8) is 0 Å². The van der Waals surface area contributed by atoms with E-state index in [-0.39, 0.29) is 12.2 Å². The van der Waals surface area contributed by atoms with Gasteiger partial charge in [0.15, 0.2) is 0 Å². The molecule has 2 saturated heterocycles. The fourth-order valence-electron chi connectivity index (χ4n) is 2.11. The van der Waals surface area contributed by atoms with E-state index in [1.165, 1.54) is 0 Å². The van der Waals surface area contributed by atoms with Crippen LogP contribution in [0.25, 0.3) is 0 Å². The van der Waals surface area contributed by atoms with E-state index in [1.54, 1.807) is 0 Å². The van der Waals surface area contributed by atoms with Crippen molar-refractivity contribution in [2.45, 2.75) is 44.9 Å². The van der Waals surface area contributed by atoms with Gasteiger partial charge >= 0.3 is 6.09 Å².